The van der Waals surface area contributed by atoms with Crippen molar-refractivity contribution in [3.8, 4) is 0 Å². The molecule has 4 nitrogen and oxygen atoms in total. The van der Waals surface area contributed by atoms with Gasteiger partial charge >= 0.3 is 0 Å². The summed E-state index contributed by atoms with van der Waals surface area (Å²) in [5, 5.41) is 10.0. The largest absolute Gasteiger partial charge is 0.392 e. The highest BCUT2D eigenvalue weighted by Crippen LogP contribution is 2.21. The maximum Gasteiger partial charge on any atom is 0.132 e. The first kappa shape index (κ1) is 15.3. The van der Waals surface area contributed by atoms with Gasteiger partial charge in [-0.3, -0.25) is 14.8 Å². The van der Waals surface area contributed by atoms with Crippen LogP contribution in [0.4, 0.5) is 4.39 Å². The zero-order valence-corrected chi connectivity index (χ0v) is 12.9. The SMILES string of the molecule is C[C@H](O)CN1CCN(Cc2ccc(F)c3cccnc23)CC1. The van der Waals surface area contributed by atoms with Gasteiger partial charge in [0.15, 0.2) is 0 Å². The van der Waals surface area contributed by atoms with Crippen molar-refractivity contribution in [2.45, 2.75) is 19.6 Å². The van der Waals surface area contributed by atoms with Crippen molar-refractivity contribution in [1.82, 2.24) is 14.8 Å². The number of halogens is 1. The average Bonchev–Trinajstić information content (AvgIpc) is 2.52. The molecule has 1 fully saturated rings. The van der Waals surface area contributed by atoms with Crippen LogP contribution >= 0.6 is 0 Å². The maximum atomic E-state index is 13.8. The molecule has 5 heteroatoms. The Morgan fingerprint density at radius 2 is 1.91 bits per heavy atom. The fourth-order valence-electron chi connectivity index (χ4n) is 3.07. The molecule has 3 rings (SSSR count). The summed E-state index contributed by atoms with van der Waals surface area (Å²) < 4.78 is 13.8. The minimum absolute atomic E-state index is 0.214. The number of hydrogen-bond donors (Lipinski definition) is 1. The molecule has 1 aliphatic rings. The molecule has 0 amide bonds. The van der Waals surface area contributed by atoms with Crippen LogP contribution in [0.15, 0.2) is 30.5 Å². The van der Waals surface area contributed by atoms with E-state index in [-0.39, 0.29) is 11.9 Å². The lowest BCUT2D eigenvalue weighted by atomic mass is 10.1. The van der Waals surface area contributed by atoms with Crippen molar-refractivity contribution in [3.05, 3.63) is 41.8 Å². The number of fused-ring (bicyclic) bond motifs is 1. The molecule has 1 N–H and O–H groups in total. The van der Waals surface area contributed by atoms with Crippen LogP contribution in [0, 0.1) is 5.82 Å². The number of aromatic nitrogens is 1. The predicted molar refractivity (Wildman–Crippen MR) is 85.1 cm³/mol. The molecule has 0 radical (unpaired) electrons. The molecule has 22 heavy (non-hydrogen) atoms. The topological polar surface area (TPSA) is 39.6 Å². The monoisotopic (exact) mass is 303 g/mol. The standard InChI is InChI=1S/C17H22FN3O/c1-13(22)11-20-7-9-21(10-8-20)12-14-4-5-16(18)15-3-2-6-19-17(14)15/h2-6,13,22H,7-12H2,1H3/t13-/m0/s1. The van der Waals surface area contributed by atoms with Crippen LogP contribution in [0.3, 0.4) is 0 Å². The summed E-state index contributed by atoms with van der Waals surface area (Å²) in [4.78, 5) is 8.99. The molecule has 0 aliphatic carbocycles. The van der Waals surface area contributed by atoms with Gasteiger partial charge in [0, 0.05) is 50.9 Å². The van der Waals surface area contributed by atoms with E-state index in [1.165, 1.54) is 6.07 Å². The number of aliphatic hydroxyl groups is 1. The highest BCUT2D eigenvalue weighted by Gasteiger charge is 2.19. The van der Waals surface area contributed by atoms with Crippen LogP contribution < -0.4 is 0 Å². The summed E-state index contributed by atoms with van der Waals surface area (Å²) in [7, 11) is 0. The maximum absolute atomic E-state index is 13.8. The zero-order chi connectivity index (χ0) is 15.5. The van der Waals surface area contributed by atoms with E-state index in [1.54, 1.807) is 18.3 Å². The summed E-state index contributed by atoms with van der Waals surface area (Å²) in [6.07, 6.45) is 1.43. The fraction of sp³-hybridized carbons (Fsp3) is 0.471. The van der Waals surface area contributed by atoms with Gasteiger partial charge in [-0.2, -0.15) is 0 Å². The Morgan fingerprint density at radius 1 is 1.18 bits per heavy atom. The smallest absolute Gasteiger partial charge is 0.132 e. The summed E-state index contributed by atoms with van der Waals surface area (Å²) >= 11 is 0. The van der Waals surface area contributed by atoms with Crippen molar-refractivity contribution in [1.29, 1.82) is 0 Å². The Hall–Kier alpha value is -1.56. The third-order valence-electron chi connectivity index (χ3n) is 4.18. The minimum atomic E-state index is -0.281. The third kappa shape index (κ3) is 3.43. The van der Waals surface area contributed by atoms with E-state index in [9.17, 15) is 9.50 Å². The molecule has 2 aromatic rings. The van der Waals surface area contributed by atoms with Crippen molar-refractivity contribution < 1.29 is 9.50 Å². The number of pyridine rings is 1. The van der Waals surface area contributed by atoms with Crippen LogP contribution in [0.2, 0.25) is 0 Å². The lowest BCUT2D eigenvalue weighted by molar-refractivity contribution is 0.0782. The Labute approximate surface area is 130 Å². The summed E-state index contributed by atoms with van der Waals surface area (Å²) in [5.74, 6) is -0.214. The van der Waals surface area contributed by atoms with Crippen molar-refractivity contribution in [2.75, 3.05) is 32.7 Å². The molecule has 1 aromatic carbocycles. The molecule has 1 aromatic heterocycles. The van der Waals surface area contributed by atoms with Gasteiger partial charge in [-0.05, 0) is 30.7 Å². The van der Waals surface area contributed by atoms with Gasteiger partial charge in [0.1, 0.15) is 5.82 Å². The fourth-order valence-corrected chi connectivity index (χ4v) is 3.07. The summed E-state index contributed by atoms with van der Waals surface area (Å²) in [6.45, 7) is 7.17. The number of β-amino-alcohol motifs (C(OH)–C–C–N with tert-alkyl or cyclic N) is 1. The second-order valence-electron chi connectivity index (χ2n) is 6.03. The van der Waals surface area contributed by atoms with Crippen molar-refractivity contribution >= 4 is 10.9 Å². The first-order valence-corrected chi connectivity index (χ1v) is 7.78. The Morgan fingerprint density at radius 3 is 2.64 bits per heavy atom. The number of piperazine rings is 1. The summed E-state index contributed by atoms with van der Waals surface area (Å²) in [6, 6.07) is 6.92. The quantitative estimate of drug-likeness (QED) is 0.936. The summed E-state index contributed by atoms with van der Waals surface area (Å²) in [5.41, 5.74) is 1.83. The Kier molecular flexibility index (Phi) is 4.66. The highest BCUT2D eigenvalue weighted by molar-refractivity contribution is 5.82. The number of aliphatic hydroxyl groups excluding tert-OH is 1. The van der Waals surface area contributed by atoms with Gasteiger partial charge in [0.25, 0.3) is 0 Å². The van der Waals surface area contributed by atoms with Crippen LogP contribution in [0.5, 0.6) is 0 Å². The van der Waals surface area contributed by atoms with Crippen LogP contribution in [-0.4, -0.2) is 58.7 Å². The third-order valence-corrected chi connectivity index (χ3v) is 4.18. The minimum Gasteiger partial charge on any atom is -0.392 e. The molecule has 1 aliphatic heterocycles. The second kappa shape index (κ2) is 6.69. The molecular weight excluding hydrogens is 281 g/mol. The zero-order valence-electron chi connectivity index (χ0n) is 12.9. The highest BCUT2D eigenvalue weighted by atomic mass is 19.1. The van der Waals surface area contributed by atoms with E-state index in [4.69, 9.17) is 0 Å². The van der Waals surface area contributed by atoms with Gasteiger partial charge < -0.3 is 5.11 Å². The Bertz CT molecular complexity index is 639. The molecule has 0 bridgehead atoms. The molecule has 0 spiro atoms. The molecular formula is C17H22FN3O. The second-order valence-corrected chi connectivity index (χ2v) is 6.03. The molecule has 1 atom stereocenters. The van der Waals surface area contributed by atoms with Gasteiger partial charge in [0.2, 0.25) is 0 Å². The van der Waals surface area contributed by atoms with Gasteiger partial charge in [-0.15, -0.1) is 0 Å². The van der Waals surface area contributed by atoms with Crippen molar-refractivity contribution in [2.24, 2.45) is 0 Å². The van der Waals surface area contributed by atoms with E-state index in [0.29, 0.717) is 5.39 Å². The van der Waals surface area contributed by atoms with E-state index >= 15 is 0 Å². The Balaban J connectivity index is 1.69. The van der Waals surface area contributed by atoms with Gasteiger partial charge in [0.05, 0.1) is 11.6 Å². The normalized spacial score (nSPS) is 18.7. The molecule has 0 unspecified atom stereocenters. The number of rotatable bonds is 4. The van der Waals surface area contributed by atoms with E-state index in [1.807, 2.05) is 13.0 Å². The lowest BCUT2D eigenvalue weighted by Gasteiger charge is -2.35. The lowest BCUT2D eigenvalue weighted by Crippen LogP contribution is -2.47. The van der Waals surface area contributed by atoms with E-state index in [2.05, 4.69) is 14.8 Å². The first-order chi connectivity index (χ1) is 10.6. The number of benzene rings is 1. The van der Waals surface area contributed by atoms with Gasteiger partial charge in [-0.1, -0.05) is 6.07 Å². The molecule has 1 saturated heterocycles. The van der Waals surface area contributed by atoms with Crippen LogP contribution in [0.25, 0.3) is 10.9 Å². The molecule has 2 heterocycles. The number of nitrogens with zero attached hydrogens (tertiary/aromatic N) is 3. The molecule has 118 valence electrons. The van der Waals surface area contributed by atoms with E-state index in [0.717, 1.165) is 50.3 Å². The van der Waals surface area contributed by atoms with Crippen LogP contribution in [0.1, 0.15) is 12.5 Å². The average molecular weight is 303 g/mol. The van der Waals surface area contributed by atoms with E-state index < -0.39 is 0 Å². The van der Waals surface area contributed by atoms with Gasteiger partial charge in [-0.25, -0.2) is 4.39 Å². The molecule has 0 saturated carbocycles. The predicted octanol–water partition coefficient (Wildman–Crippen LogP) is 1.87. The number of hydrogen-bond acceptors (Lipinski definition) is 4. The van der Waals surface area contributed by atoms with Crippen LogP contribution in [-0.2, 0) is 6.54 Å². The van der Waals surface area contributed by atoms with Crippen molar-refractivity contribution in [3.63, 3.8) is 0 Å². The first-order valence-electron chi connectivity index (χ1n) is 7.78.